The van der Waals surface area contributed by atoms with Crippen LogP contribution in [-0.2, 0) is 4.46 Å². The van der Waals surface area contributed by atoms with Gasteiger partial charge < -0.3 is 8.74 Å². The van der Waals surface area contributed by atoms with E-state index >= 15 is 0 Å². The van der Waals surface area contributed by atoms with Crippen molar-refractivity contribution in [1.82, 2.24) is 0 Å². The predicted molar refractivity (Wildman–Crippen MR) is 18.3 cm³/mol. The van der Waals surface area contributed by atoms with Crippen LogP contribution in [0.15, 0.2) is 0 Å². The minimum Gasteiger partial charge on any atom is -1.00 e. The Balaban J connectivity index is -0.000000000500. The Kier molecular flexibility index (Phi) is 120. The van der Waals surface area contributed by atoms with E-state index in [0.717, 1.165) is 0 Å². The summed E-state index contributed by atoms with van der Waals surface area (Å²) in [7, 11) is 0.611. The fourth-order valence-electron chi connectivity index (χ4n) is 0. The number of hydrogen-bond acceptors (Lipinski definition) is 1. The zero-order valence-electron chi connectivity index (χ0n) is 5.82. The summed E-state index contributed by atoms with van der Waals surface area (Å²) >= 11 is 0. The van der Waals surface area contributed by atoms with Gasteiger partial charge in [-0.05, 0) is 0 Å². The average Bonchev–Trinajstić information content (AvgIpc) is 1.00. The van der Waals surface area contributed by atoms with Crippen molar-refractivity contribution in [1.29, 1.82) is 0 Å². The first-order valence-corrected chi connectivity index (χ1v) is 0.866. The quantitative estimate of drug-likeness (QED) is 0.271. The molecular formula is H5LiMgOSi. The third-order valence-corrected chi connectivity index (χ3v) is 0. The van der Waals surface area contributed by atoms with Crippen molar-refractivity contribution in [3.05, 3.63) is 0 Å². The molecule has 0 aliphatic rings. The molecule has 0 amide bonds. The minimum absolute atomic E-state index is 0. The van der Waals surface area contributed by atoms with E-state index in [0.29, 0.717) is 10.1 Å². The van der Waals surface area contributed by atoms with Crippen LogP contribution < -0.4 is 18.9 Å². The smallest absolute Gasteiger partial charge is 1.00 e. The molecule has 1 nitrogen and oxygen atoms in total. The van der Waals surface area contributed by atoms with Gasteiger partial charge in [-0.25, -0.2) is 0 Å². The summed E-state index contributed by atoms with van der Waals surface area (Å²) < 4.78 is 8.28. The summed E-state index contributed by atoms with van der Waals surface area (Å²) in [6, 6.07) is 0. The van der Waals surface area contributed by atoms with Gasteiger partial charge in [0.2, 0.25) is 10.1 Å². The summed E-state index contributed by atoms with van der Waals surface area (Å²) in [4.78, 5) is 0. The third-order valence-electron chi connectivity index (χ3n) is 0. The average molecular weight is 80.4 g/mol. The summed E-state index contributed by atoms with van der Waals surface area (Å²) in [6.07, 6.45) is 0. The SMILES string of the molecule is O=[SiH2].[H-].[H-].[H-].[Li+].[Mg+2]. The van der Waals surface area contributed by atoms with E-state index in [2.05, 4.69) is 0 Å². The van der Waals surface area contributed by atoms with Crippen LogP contribution in [0.25, 0.3) is 0 Å². The van der Waals surface area contributed by atoms with Crippen LogP contribution in [0, 0.1) is 0 Å². The third kappa shape index (κ3) is 10.1. The molecule has 0 atom stereocenters. The first kappa shape index (κ1) is 18.2. The van der Waals surface area contributed by atoms with Crippen LogP contribution in [0.4, 0.5) is 0 Å². The molecule has 0 aromatic rings. The van der Waals surface area contributed by atoms with Gasteiger partial charge in [0.05, 0.1) is 0 Å². The van der Waals surface area contributed by atoms with E-state index in [9.17, 15) is 0 Å². The molecule has 0 spiro atoms. The maximum atomic E-state index is 8.28. The molecular weight excluding hydrogens is 75.3 g/mol. The normalized spacial score (nSPS) is 1.00. The van der Waals surface area contributed by atoms with Gasteiger partial charge in [0.1, 0.15) is 0 Å². The zero-order valence-corrected chi connectivity index (χ0v) is 5.65. The van der Waals surface area contributed by atoms with Crippen molar-refractivity contribution in [2.45, 2.75) is 0 Å². The van der Waals surface area contributed by atoms with E-state index in [1.807, 2.05) is 0 Å². The van der Waals surface area contributed by atoms with Crippen molar-refractivity contribution < 1.29 is 27.6 Å². The molecule has 0 radical (unpaired) electrons. The monoisotopic (exact) mass is 80.0 g/mol. The van der Waals surface area contributed by atoms with Gasteiger partial charge in [0, 0.05) is 0 Å². The Hall–Kier alpha value is 1.38. The molecule has 0 saturated carbocycles. The van der Waals surface area contributed by atoms with Gasteiger partial charge in [-0.1, -0.05) is 0 Å². The zero-order chi connectivity index (χ0) is 2.00. The molecule has 0 aromatic carbocycles. The Morgan fingerprint density at radius 3 is 1.50 bits per heavy atom. The van der Waals surface area contributed by atoms with Crippen LogP contribution >= 0.6 is 0 Å². The van der Waals surface area contributed by atoms with Gasteiger partial charge in [-0.2, -0.15) is 0 Å². The van der Waals surface area contributed by atoms with Crippen LogP contribution in [0.3, 0.4) is 0 Å². The number of hydrogen-bond donors (Lipinski definition) is 0. The van der Waals surface area contributed by atoms with Gasteiger partial charge in [-0.15, -0.1) is 0 Å². The molecule has 4 heteroatoms. The van der Waals surface area contributed by atoms with Gasteiger partial charge in [0.25, 0.3) is 0 Å². The predicted octanol–water partition coefficient (Wildman–Crippen LogP) is -4.07. The summed E-state index contributed by atoms with van der Waals surface area (Å²) in [5, 5.41) is 0. The molecule has 0 saturated heterocycles. The molecule has 0 fully saturated rings. The molecule has 0 N–H and O–H groups in total. The topological polar surface area (TPSA) is 17.1 Å². The van der Waals surface area contributed by atoms with Crippen molar-refractivity contribution in [3.63, 3.8) is 0 Å². The van der Waals surface area contributed by atoms with Crippen LogP contribution in [0.2, 0.25) is 0 Å². The van der Waals surface area contributed by atoms with Gasteiger partial charge in [0.15, 0.2) is 0 Å². The Morgan fingerprint density at radius 2 is 1.50 bits per heavy atom. The summed E-state index contributed by atoms with van der Waals surface area (Å²) in [5.74, 6) is 0. The van der Waals surface area contributed by atoms with Crippen molar-refractivity contribution in [2.75, 3.05) is 0 Å². The largest absolute Gasteiger partial charge is 2.00 e. The first-order valence-electron chi connectivity index (χ1n) is 0.289. The molecule has 18 valence electrons. The molecule has 0 aliphatic carbocycles. The summed E-state index contributed by atoms with van der Waals surface area (Å²) in [6.45, 7) is 0. The fourth-order valence-corrected chi connectivity index (χ4v) is 0. The molecule has 0 heterocycles. The summed E-state index contributed by atoms with van der Waals surface area (Å²) in [5.41, 5.74) is 0. The molecule has 0 bridgehead atoms. The van der Waals surface area contributed by atoms with Gasteiger partial charge >= 0.3 is 41.9 Å². The standard InChI is InChI=1S/Li.Mg.H2OSi.3H/c;;1-2;;;/h;;2H2;;;/q+1;+2;;3*-1. The second kappa shape index (κ2) is 26.3. The Labute approximate surface area is 60.8 Å². The van der Waals surface area contributed by atoms with Crippen molar-refractivity contribution in [3.8, 4) is 0 Å². The van der Waals surface area contributed by atoms with Crippen LogP contribution in [0.1, 0.15) is 4.28 Å². The maximum Gasteiger partial charge on any atom is 2.00 e. The second-order valence-corrected chi connectivity index (χ2v) is 0. The van der Waals surface area contributed by atoms with Crippen molar-refractivity contribution >= 4 is 33.2 Å². The van der Waals surface area contributed by atoms with Crippen LogP contribution in [-0.4, -0.2) is 33.2 Å². The second-order valence-electron chi connectivity index (χ2n) is 0. The van der Waals surface area contributed by atoms with Crippen molar-refractivity contribution in [2.24, 2.45) is 0 Å². The number of rotatable bonds is 0. The molecule has 4 heavy (non-hydrogen) atoms. The molecule has 0 aliphatic heterocycles. The molecule has 0 unspecified atom stereocenters. The minimum atomic E-state index is 0. The molecule has 0 aromatic heterocycles. The van der Waals surface area contributed by atoms with E-state index < -0.39 is 0 Å². The van der Waals surface area contributed by atoms with E-state index in [-0.39, 0.29) is 46.2 Å². The Morgan fingerprint density at radius 1 is 1.50 bits per heavy atom. The Bertz CT molecular complexity index is 14.9. The van der Waals surface area contributed by atoms with E-state index in [1.54, 1.807) is 0 Å². The maximum absolute atomic E-state index is 8.28. The van der Waals surface area contributed by atoms with Crippen LogP contribution in [0.5, 0.6) is 0 Å². The van der Waals surface area contributed by atoms with Gasteiger partial charge in [-0.3, -0.25) is 0 Å². The van der Waals surface area contributed by atoms with E-state index in [4.69, 9.17) is 4.46 Å². The fraction of sp³-hybridized carbons (Fsp3) is 0. The first-order chi connectivity index (χ1) is 1.00. The molecule has 0 rings (SSSR count). The van der Waals surface area contributed by atoms with E-state index in [1.165, 1.54) is 0 Å².